The molecule has 1 heterocycles. The molecule has 3 fully saturated rings. The molecule has 3 aliphatic carbocycles. The number of aliphatic imine (C=N–C) groups is 1. The average molecular weight is 257 g/mol. The van der Waals surface area contributed by atoms with Gasteiger partial charge in [-0.2, -0.15) is 0 Å². The van der Waals surface area contributed by atoms with Gasteiger partial charge >= 0.3 is 0 Å². The van der Waals surface area contributed by atoms with Gasteiger partial charge in [-0.05, 0) is 66.3 Å². The van der Waals surface area contributed by atoms with Crippen molar-refractivity contribution in [2.24, 2.45) is 45.4 Å². The third-order valence-corrected chi connectivity index (χ3v) is 7.57. The van der Waals surface area contributed by atoms with Gasteiger partial charge in [0.2, 0.25) is 0 Å². The lowest BCUT2D eigenvalue weighted by atomic mass is 9.65. The molecule has 2 bridgehead atoms. The molecule has 0 N–H and O–H groups in total. The zero-order valence-corrected chi connectivity index (χ0v) is 12.8. The summed E-state index contributed by atoms with van der Waals surface area (Å²) in [5, 5.41) is 0. The molecule has 104 valence electrons. The minimum atomic E-state index is 0.511. The number of rotatable bonds is 1. The highest BCUT2D eigenvalue weighted by atomic mass is 14.8. The van der Waals surface area contributed by atoms with Crippen LogP contribution in [-0.2, 0) is 0 Å². The Labute approximate surface area is 117 Å². The van der Waals surface area contributed by atoms with E-state index < -0.39 is 0 Å². The van der Waals surface area contributed by atoms with Gasteiger partial charge in [-0.3, -0.25) is 4.99 Å². The largest absolute Gasteiger partial charge is 0.261 e. The molecule has 0 radical (unpaired) electrons. The van der Waals surface area contributed by atoms with Gasteiger partial charge < -0.3 is 0 Å². The summed E-state index contributed by atoms with van der Waals surface area (Å²) in [5.41, 5.74) is 2.58. The number of fused-ring (bicyclic) bond motifs is 1. The minimum Gasteiger partial charge on any atom is -0.261 e. The van der Waals surface area contributed by atoms with Crippen LogP contribution in [0.3, 0.4) is 0 Å². The molecule has 6 atom stereocenters. The first-order valence-electron chi connectivity index (χ1n) is 8.21. The first-order chi connectivity index (χ1) is 8.97. The Morgan fingerprint density at radius 1 is 1.26 bits per heavy atom. The van der Waals surface area contributed by atoms with Crippen LogP contribution in [0.25, 0.3) is 0 Å². The van der Waals surface area contributed by atoms with Gasteiger partial charge in [-0.15, -0.1) is 0 Å². The van der Waals surface area contributed by atoms with Crippen LogP contribution < -0.4 is 0 Å². The van der Waals surface area contributed by atoms with Crippen LogP contribution in [0.2, 0.25) is 0 Å². The molecular weight excluding hydrogens is 230 g/mol. The van der Waals surface area contributed by atoms with Gasteiger partial charge in [0.25, 0.3) is 0 Å². The third-order valence-electron chi connectivity index (χ3n) is 7.57. The van der Waals surface area contributed by atoms with Gasteiger partial charge in [0.15, 0.2) is 0 Å². The summed E-state index contributed by atoms with van der Waals surface area (Å²) in [6.07, 6.45) is 10.1. The number of nitrogens with zero attached hydrogens (tertiary/aromatic N) is 1. The molecule has 1 spiro atoms. The summed E-state index contributed by atoms with van der Waals surface area (Å²) in [6, 6.07) is 0. The molecule has 1 heteroatoms. The molecule has 4 aliphatic rings. The van der Waals surface area contributed by atoms with Crippen molar-refractivity contribution in [1.82, 2.24) is 0 Å². The minimum absolute atomic E-state index is 0.511. The zero-order valence-electron chi connectivity index (χ0n) is 12.8. The van der Waals surface area contributed by atoms with E-state index in [9.17, 15) is 0 Å². The fourth-order valence-corrected chi connectivity index (χ4v) is 6.76. The summed E-state index contributed by atoms with van der Waals surface area (Å²) in [4.78, 5) is 4.58. The predicted molar refractivity (Wildman–Crippen MR) is 80.1 cm³/mol. The van der Waals surface area contributed by atoms with Crippen LogP contribution in [0.4, 0.5) is 0 Å². The molecule has 0 saturated heterocycles. The SMILES string of the molecule is C[C@@H]1CC[C@@]23C[C@@H]1C(C)(C)[C@@H]2C(C1=NC=C1)C[C@H]3C. The quantitative estimate of drug-likeness (QED) is 0.646. The molecular formula is C18H27N. The van der Waals surface area contributed by atoms with Crippen LogP contribution in [0, 0.1) is 40.4 Å². The predicted octanol–water partition coefficient (Wildman–Crippen LogP) is 4.69. The Morgan fingerprint density at radius 3 is 2.63 bits per heavy atom. The topological polar surface area (TPSA) is 12.4 Å². The first kappa shape index (κ1) is 12.2. The van der Waals surface area contributed by atoms with E-state index in [1.807, 2.05) is 6.20 Å². The Hall–Kier alpha value is -0.590. The molecule has 3 saturated carbocycles. The monoisotopic (exact) mass is 257 g/mol. The number of hydrogen-bond donors (Lipinski definition) is 0. The van der Waals surface area contributed by atoms with Crippen molar-refractivity contribution in [3.8, 4) is 0 Å². The maximum absolute atomic E-state index is 4.58. The number of hydrogen-bond acceptors (Lipinski definition) is 1. The second-order valence-corrected chi connectivity index (χ2v) is 8.47. The first-order valence-corrected chi connectivity index (χ1v) is 8.21. The molecule has 0 amide bonds. The normalized spacial score (nSPS) is 53.7. The summed E-state index contributed by atoms with van der Waals surface area (Å²) in [6.45, 7) is 10.2. The van der Waals surface area contributed by atoms with Crippen molar-refractivity contribution in [2.45, 2.75) is 53.4 Å². The molecule has 0 aromatic heterocycles. The second kappa shape index (κ2) is 3.54. The van der Waals surface area contributed by atoms with Crippen LogP contribution in [0.5, 0.6) is 0 Å². The van der Waals surface area contributed by atoms with E-state index in [-0.39, 0.29) is 0 Å². The number of allylic oxidation sites excluding steroid dienone is 1. The van der Waals surface area contributed by atoms with E-state index in [0.29, 0.717) is 10.8 Å². The van der Waals surface area contributed by atoms with Crippen molar-refractivity contribution < 1.29 is 0 Å². The van der Waals surface area contributed by atoms with Gasteiger partial charge in [0.05, 0.1) is 0 Å². The van der Waals surface area contributed by atoms with E-state index in [1.54, 1.807) is 0 Å². The highest BCUT2D eigenvalue weighted by Crippen LogP contribution is 2.74. The fraction of sp³-hybridized carbons (Fsp3) is 0.833. The highest BCUT2D eigenvalue weighted by molar-refractivity contribution is 6.01. The summed E-state index contributed by atoms with van der Waals surface area (Å²) >= 11 is 0. The lowest BCUT2D eigenvalue weighted by Gasteiger charge is -2.39. The molecule has 1 aliphatic heterocycles. The van der Waals surface area contributed by atoms with E-state index in [4.69, 9.17) is 0 Å². The van der Waals surface area contributed by atoms with Gasteiger partial charge in [0, 0.05) is 17.8 Å². The molecule has 1 unspecified atom stereocenters. The van der Waals surface area contributed by atoms with Crippen molar-refractivity contribution >= 4 is 5.71 Å². The summed E-state index contributed by atoms with van der Waals surface area (Å²) in [7, 11) is 0. The lowest BCUT2D eigenvalue weighted by molar-refractivity contribution is 0.101. The maximum atomic E-state index is 4.58. The van der Waals surface area contributed by atoms with Crippen LogP contribution in [-0.4, -0.2) is 5.71 Å². The Kier molecular flexibility index (Phi) is 2.27. The molecule has 0 aromatic rings. The molecule has 19 heavy (non-hydrogen) atoms. The summed E-state index contributed by atoms with van der Waals surface area (Å²) < 4.78 is 0. The zero-order chi connectivity index (χ0) is 13.4. The van der Waals surface area contributed by atoms with Crippen molar-refractivity contribution in [2.75, 3.05) is 0 Å². The van der Waals surface area contributed by atoms with Crippen LogP contribution >= 0.6 is 0 Å². The van der Waals surface area contributed by atoms with Crippen LogP contribution in [0.1, 0.15) is 53.4 Å². The smallest absolute Gasteiger partial charge is 0.0453 e. The van der Waals surface area contributed by atoms with E-state index in [0.717, 1.165) is 29.6 Å². The van der Waals surface area contributed by atoms with Gasteiger partial charge in [-0.25, -0.2) is 0 Å². The standard InChI is InChI=1S/C18H27N/c1-11-5-7-18-10-14(11)17(3,4)16(18)13(9-12(18)2)15-6-8-19-15/h6,8,11-14,16H,5,7,9-10H2,1-4H3/t11-,12-,13?,14+,16+,18+/m1/s1. The molecule has 0 aromatic carbocycles. The second-order valence-electron chi connectivity index (χ2n) is 8.47. The van der Waals surface area contributed by atoms with Crippen LogP contribution in [0.15, 0.2) is 17.3 Å². The average Bonchev–Trinajstić information content (AvgIpc) is 2.64. The maximum Gasteiger partial charge on any atom is 0.0453 e. The molecule has 4 rings (SSSR count). The van der Waals surface area contributed by atoms with E-state index in [2.05, 4.69) is 38.8 Å². The van der Waals surface area contributed by atoms with Gasteiger partial charge in [-0.1, -0.05) is 27.7 Å². The van der Waals surface area contributed by atoms with E-state index >= 15 is 0 Å². The van der Waals surface area contributed by atoms with Crippen molar-refractivity contribution in [3.05, 3.63) is 12.3 Å². The Balaban J connectivity index is 1.80. The Morgan fingerprint density at radius 2 is 2.00 bits per heavy atom. The van der Waals surface area contributed by atoms with Crippen molar-refractivity contribution in [3.63, 3.8) is 0 Å². The Bertz CT molecular complexity index is 472. The molecule has 1 nitrogen and oxygen atoms in total. The lowest BCUT2D eigenvalue weighted by Crippen LogP contribution is -2.36. The van der Waals surface area contributed by atoms with Crippen molar-refractivity contribution in [1.29, 1.82) is 0 Å². The van der Waals surface area contributed by atoms with Gasteiger partial charge in [0.1, 0.15) is 0 Å². The fourth-order valence-electron chi connectivity index (χ4n) is 6.76. The highest BCUT2D eigenvalue weighted by Gasteiger charge is 2.68. The van der Waals surface area contributed by atoms with E-state index in [1.165, 1.54) is 31.4 Å². The summed E-state index contributed by atoms with van der Waals surface area (Å²) in [5.74, 6) is 4.41. The third kappa shape index (κ3) is 1.30.